The molecule has 116 valence electrons. The van der Waals surface area contributed by atoms with Gasteiger partial charge >= 0.3 is 0 Å². The molecule has 0 amide bonds. The van der Waals surface area contributed by atoms with Crippen molar-refractivity contribution in [3.05, 3.63) is 18.2 Å². The van der Waals surface area contributed by atoms with Crippen molar-refractivity contribution in [2.45, 2.75) is 42.7 Å². The lowest BCUT2D eigenvalue weighted by molar-refractivity contribution is -0.00862. The Morgan fingerprint density at radius 2 is 2.00 bits per heavy atom. The van der Waals surface area contributed by atoms with Gasteiger partial charge in [-0.3, -0.25) is 0 Å². The topological polar surface area (TPSA) is 98.7 Å². The molecule has 1 saturated heterocycles. The summed E-state index contributed by atoms with van der Waals surface area (Å²) < 4.78 is 28.6. The number of morpholine rings is 1. The van der Waals surface area contributed by atoms with Crippen LogP contribution in [-0.2, 0) is 14.8 Å². The number of hydrogen-bond acceptors (Lipinski definition) is 5. The van der Waals surface area contributed by atoms with Crippen molar-refractivity contribution >= 4 is 21.4 Å². The average Bonchev–Trinajstić information content (AvgIpc) is 2.46. The number of anilines is 2. The van der Waals surface area contributed by atoms with Crippen LogP contribution in [0.25, 0.3) is 0 Å². The SMILES string of the molecule is Nc1cc(S(N)(=O)=O)ccc1N1CCOC2CCCCC21. The van der Waals surface area contributed by atoms with Gasteiger partial charge in [-0.25, -0.2) is 13.6 Å². The number of ether oxygens (including phenoxy) is 1. The van der Waals surface area contributed by atoms with Crippen LogP contribution < -0.4 is 15.8 Å². The van der Waals surface area contributed by atoms with Gasteiger partial charge in [0.15, 0.2) is 0 Å². The van der Waals surface area contributed by atoms with Crippen molar-refractivity contribution in [1.29, 1.82) is 0 Å². The lowest BCUT2D eigenvalue weighted by Crippen LogP contribution is -2.53. The Morgan fingerprint density at radius 1 is 1.24 bits per heavy atom. The second kappa shape index (κ2) is 5.47. The molecule has 1 aromatic carbocycles. The first kappa shape index (κ1) is 14.6. The average molecular weight is 311 g/mol. The minimum Gasteiger partial charge on any atom is -0.397 e. The number of rotatable bonds is 2. The number of benzene rings is 1. The van der Waals surface area contributed by atoms with Crippen LogP contribution in [0.3, 0.4) is 0 Å². The molecule has 0 spiro atoms. The molecule has 1 aliphatic carbocycles. The summed E-state index contributed by atoms with van der Waals surface area (Å²) in [6.07, 6.45) is 4.81. The maximum Gasteiger partial charge on any atom is 0.238 e. The highest BCUT2D eigenvalue weighted by Gasteiger charge is 2.35. The summed E-state index contributed by atoms with van der Waals surface area (Å²) >= 11 is 0. The van der Waals surface area contributed by atoms with Gasteiger partial charge in [0.25, 0.3) is 0 Å². The highest BCUT2D eigenvalue weighted by molar-refractivity contribution is 7.89. The van der Waals surface area contributed by atoms with E-state index in [1.165, 1.54) is 25.0 Å². The van der Waals surface area contributed by atoms with Gasteiger partial charge in [0.1, 0.15) is 0 Å². The van der Waals surface area contributed by atoms with Gasteiger partial charge in [0, 0.05) is 6.54 Å². The molecule has 0 radical (unpaired) electrons. The molecule has 0 aromatic heterocycles. The molecule has 1 aliphatic heterocycles. The summed E-state index contributed by atoms with van der Waals surface area (Å²) in [4.78, 5) is 2.31. The number of sulfonamides is 1. The van der Waals surface area contributed by atoms with E-state index in [0.717, 1.165) is 25.1 Å². The summed E-state index contributed by atoms with van der Waals surface area (Å²) in [5.41, 5.74) is 7.40. The Kier molecular flexibility index (Phi) is 3.81. The molecule has 7 heteroatoms. The third kappa shape index (κ3) is 2.86. The summed E-state index contributed by atoms with van der Waals surface area (Å²) in [5, 5.41) is 5.14. The van der Waals surface area contributed by atoms with Crippen molar-refractivity contribution in [1.82, 2.24) is 0 Å². The Labute approximate surface area is 125 Å². The van der Waals surface area contributed by atoms with Crippen molar-refractivity contribution in [2.75, 3.05) is 23.8 Å². The number of primary sulfonamides is 1. The highest BCUT2D eigenvalue weighted by atomic mass is 32.2. The third-order valence-corrected chi connectivity index (χ3v) is 5.28. The fourth-order valence-corrected chi connectivity index (χ4v) is 3.92. The van der Waals surface area contributed by atoms with Crippen LogP contribution in [0.1, 0.15) is 25.7 Å². The van der Waals surface area contributed by atoms with Crippen LogP contribution in [0, 0.1) is 0 Å². The number of fused-ring (bicyclic) bond motifs is 1. The lowest BCUT2D eigenvalue weighted by Gasteiger charge is -2.45. The predicted molar refractivity (Wildman–Crippen MR) is 81.6 cm³/mol. The summed E-state index contributed by atoms with van der Waals surface area (Å²) in [7, 11) is -3.72. The third-order valence-electron chi connectivity index (χ3n) is 4.37. The van der Waals surface area contributed by atoms with E-state index in [4.69, 9.17) is 15.6 Å². The summed E-state index contributed by atoms with van der Waals surface area (Å²) in [6.45, 7) is 1.46. The quantitative estimate of drug-likeness (QED) is 0.796. The minimum absolute atomic E-state index is 0.0530. The number of hydrogen-bond donors (Lipinski definition) is 2. The molecule has 4 N–H and O–H groups in total. The van der Waals surface area contributed by atoms with Crippen LogP contribution in [0.4, 0.5) is 11.4 Å². The molecule has 2 aliphatic rings. The van der Waals surface area contributed by atoms with E-state index >= 15 is 0 Å². The number of nitrogen functional groups attached to an aromatic ring is 1. The molecular formula is C14H21N3O3S. The van der Waals surface area contributed by atoms with Gasteiger partial charge in [0.05, 0.1) is 35.0 Å². The highest BCUT2D eigenvalue weighted by Crippen LogP contribution is 2.35. The van der Waals surface area contributed by atoms with Crippen LogP contribution in [0.5, 0.6) is 0 Å². The standard InChI is InChI=1S/C14H21N3O3S/c15-11-9-10(21(16,18)19)5-6-12(11)17-7-8-20-14-4-2-1-3-13(14)17/h5-6,9,13-14H,1-4,7-8,15H2,(H2,16,18,19). The van der Waals surface area contributed by atoms with Gasteiger partial charge in [-0.15, -0.1) is 0 Å². The van der Waals surface area contributed by atoms with Crippen molar-refractivity contribution in [2.24, 2.45) is 5.14 Å². The van der Waals surface area contributed by atoms with Crippen LogP contribution in [0.15, 0.2) is 23.1 Å². The zero-order valence-electron chi connectivity index (χ0n) is 11.9. The zero-order chi connectivity index (χ0) is 15.0. The van der Waals surface area contributed by atoms with Crippen molar-refractivity contribution < 1.29 is 13.2 Å². The first-order valence-corrected chi connectivity index (χ1v) is 8.82. The molecular weight excluding hydrogens is 290 g/mol. The molecule has 2 fully saturated rings. The Bertz CT molecular complexity index is 630. The van der Waals surface area contributed by atoms with Gasteiger partial charge in [-0.05, 0) is 31.0 Å². The molecule has 0 bridgehead atoms. The zero-order valence-corrected chi connectivity index (χ0v) is 12.7. The molecule has 1 heterocycles. The van der Waals surface area contributed by atoms with Crippen LogP contribution in [-0.4, -0.2) is 33.7 Å². The van der Waals surface area contributed by atoms with E-state index < -0.39 is 10.0 Å². The molecule has 1 saturated carbocycles. The van der Waals surface area contributed by atoms with E-state index in [1.54, 1.807) is 6.07 Å². The largest absolute Gasteiger partial charge is 0.397 e. The Morgan fingerprint density at radius 3 is 2.71 bits per heavy atom. The van der Waals surface area contributed by atoms with Crippen LogP contribution in [0.2, 0.25) is 0 Å². The minimum atomic E-state index is -3.72. The molecule has 2 unspecified atom stereocenters. The summed E-state index contributed by atoms with van der Waals surface area (Å²) in [6, 6.07) is 5.05. The normalized spacial score (nSPS) is 26.4. The van der Waals surface area contributed by atoms with Crippen molar-refractivity contribution in [3.8, 4) is 0 Å². The van der Waals surface area contributed by atoms with Gasteiger partial charge in [0.2, 0.25) is 10.0 Å². The van der Waals surface area contributed by atoms with E-state index in [1.807, 2.05) is 0 Å². The van der Waals surface area contributed by atoms with Gasteiger partial charge in [-0.2, -0.15) is 0 Å². The maximum atomic E-state index is 11.4. The fraction of sp³-hybridized carbons (Fsp3) is 0.571. The Hall–Kier alpha value is -1.31. The van der Waals surface area contributed by atoms with E-state index in [2.05, 4.69) is 4.90 Å². The second-order valence-electron chi connectivity index (χ2n) is 5.72. The lowest BCUT2D eigenvalue weighted by atomic mass is 9.89. The first-order valence-electron chi connectivity index (χ1n) is 7.27. The predicted octanol–water partition coefficient (Wildman–Crippen LogP) is 1.06. The van der Waals surface area contributed by atoms with Crippen LogP contribution >= 0.6 is 0 Å². The molecule has 3 rings (SSSR count). The van der Waals surface area contributed by atoms with E-state index in [-0.39, 0.29) is 11.0 Å². The first-order chi connectivity index (χ1) is 9.97. The number of nitrogens with two attached hydrogens (primary N) is 2. The summed E-state index contributed by atoms with van der Waals surface area (Å²) in [5.74, 6) is 0. The van der Waals surface area contributed by atoms with Crippen molar-refractivity contribution in [3.63, 3.8) is 0 Å². The fourth-order valence-electron chi connectivity index (χ4n) is 3.37. The van der Waals surface area contributed by atoms with E-state index in [9.17, 15) is 8.42 Å². The van der Waals surface area contributed by atoms with Gasteiger partial charge < -0.3 is 15.4 Å². The molecule has 6 nitrogen and oxygen atoms in total. The monoisotopic (exact) mass is 311 g/mol. The molecule has 2 atom stereocenters. The Balaban J connectivity index is 1.92. The second-order valence-corrected chi connectivity index (χ2v) is 7.28. The smallest absolute Gasteiger partial charge is 0.238 e. The maximum absolute atomic E-state index is 11.4. The van der Waals surface area contributed by atoms with Gasteiger partial charge in [-0.1, -0.05) is 12.8 Å². The molecule has 21 heavy (non-hydrogen) atoms. The number of nitrogens with zero attached hydrogens (tertiary/aromatic N) is 1. The molecule has 1 aromatic rings. The van der Waals surface area contributed by atoms with E-state index in [0.29, 0.717) is 18.3 Å².